The number of rotatable bonds is 3. The van der Waals surface area contributed by atoms with Crippen molar-refractivity contribution in [2.45, 2.75) is 76.8 Å². The first-order chi connectivity index (χ1) is 8.25. The highest BCUT2D eigenvalue weighted by molar-refractivity contribution is 5.74. The molecule has 3 nitrogen and oxygen atoms in total. The van der Waals surface area contributed by atoms with E-state index in [4.69, 9.17) is 0 Å². The molecule has 17 heavy (non-hydrogen) atoms. The third-order valence-corrected chi connectivity index (χ3v) is 4.41. The highest BCUT2D eigenvalue weighted by atomic mass is 16.2. The second kappa shape index (κ2) is 6.27. The number of hydrogen-bond donors (Lipinski definition) is 2. The Bertz CT molecular complexity index is 243. The molecule has 2 amide bonds. The molecule has 0 spiro atoms. The molecule has 0 aliphatic heterocycles. The lowest BCUT2D eigenvalue weighted by atomic mass is 9.85. The molecule has 0 saturated heterocycles. The summed E-state index contributed by atoms with van der Waals surface area (Å²) in [6.07, 6.45) is 11.5. The fraction of sp³-hybridized carbons (Fsp3) is 0.929. The van der Waals surface area contributed by atoms with Gasteiger partial charge in [0.25, 0.3) is 0 Å². The van der Waals surface area contributed by atoms with Gasteiger partial charge in [-0.1, -0.05) is 32.1 Å². The molecule has 98 valence electrons. The summed E-state index contributed by atoms with van der Waals surface area (Å²) in [6, 6.07) is 0.806. The van der Waals surface area contributed by atoms with Crippen molar-refractivity contribution in [3.8, 4) is 0 Å². The molecule has 0 radical (unpaired) electrons. The Morgan fingerprint density at radius 1 is 1.00 bits per heavy atom. The van der Waals surface area contributed by atoms with Crippen molar-refractivity contribution in [3.63, 3.8) is 0 Å². The van der Waals surface area contributed by atoms with Gasteiger partial charge in [-0.25, -0.2) is 4.79 Å². The van der Waals surface area contributed by atoms with E-state index in [0.717, 1.165) is 12.8 Å². The van der Waals surface area contributed by atoms with Gasteiger partial charge >= 0.3 is 6.03 Å². The minimum Gasteiger partial charge on any atom is -0.335 e. The molecule has 2 fully saturated rings. The molecule has 3 heteroatoms. The van der Waals surface area contributed by atoms with E-state index >= 15 is 0 Å². The smallest absolute Gasteiger partial charge is 0.315 e. The number of carbonyl (C=O) groups is 1. The van der Waals surface area contributed by atoms with Crippen molar-refractivity contribution in [1.82, 2.24) is 10.6 Å². The molecule has 2 saturated carbocycles. The van der Waals surface area contributed by atoms with E-state index < -0.39 is 0 Å². The van der Waals surface area contributed by atoms with Crippen LogP contribution >= 0.6 is 0 Å². The van der Waals surface area contributed by atoms with Crippen LogP contribution in [0.2, 0.25) is 0 Å². The van der Waals surface area contributed by atoms with Gasteiger partial charge in [-0.3, -0.25) is 0 Å². The van der Waals surface area contributed by atoms with Crippen LogP contribution in [0.1, 0.15) is 64.7 Å². The zero-order chi connectivity index (χ0) is 12.1. The van der Waals surface area contributed by atoms with Crippen LogP contribution in [0.5, 0.6) is 0 Å². The molecule has 0 aromatic rings. The van der Waals surface area contributed by atoms with Gasteiger partial charge in [0.2, 0.25) is 0 Å². The summed E-state index contributed by atoms with van der Waals surface area (Å²) in [6.45, 7) is 2.16. The largest absolute Gasteiger partial charge is 0.335 e. The highest BCUT2D eigenvalue weighted by Gasteiger charge is 2.23. The third kappa shape index (κ3) is 3.90. The van der Waals surface area contributed by atoms with Crippen molar-refractivity contribution < 1.29 is 4.79 Å². The Balaban J connectivity index is 1.69. The second-order valence-electron chi connectivity index (χ2n) is 5.79. The molecule has 0 heterocycles. The molecule has 2 rings (SSSR count). The quantitative estimate of drug-likeness (QED) is 0.779. The summed E-state index contributed by atoms with van der Waals surface area (Å²) in [4.78, 5) is 11.8. The maximum atomic E-state index is 11.8. The number of amides is 2. The van der Waals surface area contributed by atoms with E-state index in [1.165, 1.54) is 44.9 Å². The molecule has 0 aromatic heterocycles. The van der Waals surface area contributed by atoms with E-state index in [9.17, 15) is 4.79 Å². The zero-order valence-corrected chi connectivity index (χ0v) is 11.0. The Morgan fingerprint density at radius 2 is 1.59 bits per heavy atom. The monoisotopic (exact) mass is 238 g/mol. The van der Waals surface area contributed by atoms with Gasteiger partial charge in [-0.05, 0) is 38.5 Å². The maximum absolute atomic E-state index is 11.8. The van der Waals surface area contributed by atoms with Gasteiger partial charge < -0.3 is 10.6 Å². The molecule has 0 bridgehead atoms. The summed E-state index contributed by atoms with van der Waals surface area (Å²) in [5, 5.41) is 6.23. The van der Waals surface area contributed by atoms with Crippen LogP contribution in [0.3, 0.4) is 0 Å². The fourth-order valence-electron chi connectivity index (χ4n) is 3.26. The molecule has 1 atom stereocenters. The topological polar surface area (TPSA) is 41.1 Å². The van der Waals surface area contributed by atoms with Crippen LogP contribution in [0, 0.1) is 5.92 Å². The van der Waals surface area contributed by atoms with Crippen LogP contribution in [0.15, 0.2) is 0 Å². The van der Waals surface area contributed by atoms with Crippen molar-refractivity contribution in [2.75, 3.05) is 0 Å². The van der Waals surface area contributed by atoms with E-state index in [1.807, 2.05) is 0 Å². The Labute approximate surface area is 105 Å². The molecule has 2 N–H and O–H groups in total. The molecule has 2 aliphatic carbocycles. The summed E-state index contributed by atoms with van der Waals surface area (Å²) in [5.41, 5.74) is 0. The van der Waals surface area contributed by atoms with E-state index in [2.05, 4.69) is 17.6 Å². The fourth-order valence-corrected chi connectivity index (χ4v) is 3.26. The Morgan fingerprint density at radius 3 is 2.24 bits per heavy atom. The third-order valence-electron chi connectivity index (χ3n) is 4.41. The van der Waals surface area contributed by atoms with E-state index in [0.29, 0.717) is 18.0 Å². The van der Waals surface area contributed by atoms with Gasteiger partial charge in [-0.15, -0.1) is 0 Å². The van der Waals surface area contributed by atoms with E-state index in [1.54, 1.807) is 0 Å². The van der Waals surface area contributed by atoms with Crippen LogP contribution in [-0.4, -0.2) is 18.1 Å². The number of hydrogen-bond acceptors (Lipinski definition) is 1. The zero-order valence-electron chi connectivity index (χ0n) is 11.0. The lowest BCUT2D eigenvalue weighted by molar-refractivity contribution is 0.221. The average Bonchev–Trinajstić information content (AvgIpc) is 2.82. The van der Waals surface area contributed by atoms with Crippen molar-refractivity contribution in [2.24, 2.45) is 5.92 Å². The van der Waals surface area contributed by atoms with Crippen molar-refractivity contribution in [3.05, 3.63) is 0 Å². The molecule has 1 unspecified atom stereocenters. The molecular weight excluding hydrogens is 212 g/mol. The Hall–Kier alpha value is -0.730. The van der Waals surface area contributed by atoms with E-state index in [-0.39, 0.29) is 6.03 Å². The SMILES string of the molecule is CC(NC(=O)NC1CCCC1)C1CCCCC1. The van der Waals surface area contributed by atoms with Crippen LogP contribution in [0.25, 0.3) is 0 Å². The standard InChI is InChI=1S/C14H26N2O/c1-11(12-7-3-2-4-8-12)15-14(17)16-13-9-5-6-10-13/h11-13H,2-10H2,1H3,(H2,15,16,17). The summed E-state index contributed by atoms with van der Waals surface area (Å²) in [7, 11) is 0. The first kappa shape index (κ1) is 12.7. The first-order valence-electron chi connectivity index (χ1n) is 7.33. The van der Waals surface area contributed by atoms with Crippen LogP contribution < -0.4 is 10.6 Å². The average molecular weight is 238 g/mol. The number of nitrogens with one attached hydrogen (secondary N) is 2. The molecule has 0 aromatic carbocycles. The lowest BCUT2D eigenvalue weighted by Gasteiger charge is -2.28. The minimum atomic E-state index is 0.0509. The van der Waals surface area contributed by atoms with Crippen LogP contribution in [0.4, 0.5) is 4.79 Å². The number of urea groups is 1. The van der Waals surface area contributed by atoms with Crippen LogP contribution in [-0.2, 0) is 0 Å². The predicted molar refractivity (Wildman–Crippen MR) is 70.0 cm³/mol. The van der Waals surface area contributed by atoms with Gasteiger partial charge in [0.1, 0.15) is 0 Å². The highest BCUT2D eigenvalue weighted by Crippen LogP contribution is 2.26. The van der Waals surface area contributed by atoms with Gasteiger partial charge in [-0.2, -0.15) is 0 Å². The van der Waals surface area contributed by atoms with Crippen molar-refractivity contribution in [1.29, 1.82) is 0 Å². The first-order valence-corrected chi connectivity index (χ1v) is 7.33. The van der Waals surface area contributed by atoms with Gasteiger partial charge in [0, 0.05) is 12.1 Å². The van der Waals surface area contributed by atoms with Gasteiger partial charge in [0.05, 0.1) is 0 Å². The lowest BCUT2D eigenvalue weighted by Crippen LogP contribution is -2.47. The second-order valence-corrected chi connectivity index (χ2v) is 5.79. The number of carbonyl (C=O) groups excluding carboxylic acids is 1. The molecular formula is C14H26N2O. The molecule has 2 aliphatic rings. The van der Waals surface area contributed by atoms with Crippen molar-refractivity contribution >= 4 is 6.03 Å². The normalized spacial score (nSPS) is 24.5. The minimum absolute atomic E-state index is 0.0509. The summed E-state index contributed by atoms with van der Waals surface area (Å²) >= 11 is 0. The Kier molecular flexibility index (Phi) is 4.69. The predicted octanol–water partition coefficient (Wildman–Crippen LogP) is 3.20. The summed E-state index contributed by atoms with van der Waals surface area (Å²) in [5.74, 6) is 0.693. The van der Waals surface area contributed by atoms with Gasteiger partial charge in [0.15, 0.2) is 0 Å². The maximum Gasteiger partial charge on any atom is 0.315 e. The summed E-state index contributed by atoms with van der Waals surface area (Å²) < 4.78 is 0.